The quantitative estimate of drug-likeness (QED) is 0.197. The van der Waals surface area contributed by atoms with Crippen molar-refractivity contribution in [2.24, 2.45) is 0 Å². The summed E-state index contributed by atoms with van der Waals surface area (Å²) in [6, 6.07) is 21.9. The van der Waals surface area contributed by atoms with Crippen molar-refractivity contribution in [3.8, 4) is 11.5 Å². The number of carbonyl (C=O) groups is 2. The average Bonchev–Trinajstić information content (AvgIpc) is 3.01. The van der Waals surface area contributed by atoms with E-state index in [0.29, 0.717) is 10.9 Å². The van der Waals surface area contributed by atoms with Crippen LogP contribution in [0, 0.1) is 0 Å². The molecular weight excluding hydrogens is 635 g/mol. The molecular formula is C29H21B3F6N2O7. The van der Waals surface area contributed by atoms with Gasteiger partial charge in [0.2, 0.25) is 0 Å². The van der Waals surface area contributed by atoms with Gasteiger partial charge >= 0.3 is 34.1 Å². The number of halogens is 6. The van der Waals surface area contributed by atoms with Crippen LogP contribution in [0.15, 0.2) is 97.1 Å². The molecule has 47 heavy (non-hydrogen) atoms. The number of hydrogen-bond donors (Lipinski definition) is 2. The Balaban J connectivity index is 1.24. The van der Waals surface area contributed by atoms with Crippen molar-refractivity contribution >= 4 is 55.5 Å². The number of rotatable bonds is 8. The van der Waals surface area contributed by atoms with E-state index in [-0.39, 0.29) is 22.5 Å². The number of nitrogens with one attached hydrogen (secondary N) is 2. The van der Waals surface area contributed by atoms with Crippen molar-refractivity contribution < 1.29 is 59.1 Å². The molecule has 0 atom stereocenters. The fraction of sp³-hybridized carbons (Fsp3) is 0.103. The molecule has 1 fully saturated rings. The first-order valence-electron chi connectivity index (χ1n) is 13.7. The molecule has 9 nitrogen and oxygen atoms in total. The highest BCUT2D eigenvalue weighted by Crippen LogP contribution is 2.25. The van der Waals surface area contributed by atoms with Gasteiger partial charge < -0.3 is 33.8 Å². The second kappa shape index (κ2) is 13.8. The summed E-state index contributed by atoms with van der Waals surface area (Å²) in [6.45, 7) is 1.63. The standard InChI is InChI=1S/C29H21B3F6N2O7/c1-30-45-31(20-6-2-4-18(16-20)26(41)39-22-8-12-24(13-9-22)43-28(33,34)35)47-32(46-30)21-7-3-5-19(17-21)27(42)40-23-10-14-25(15-11-23)44-29(36,37)38/h2-17H,1H3,(H,39,41)(H,40,42). The number of carbonyl (C=O) groups excluding carboxylic acids is 2. The maximum atomic E-state index is 12.9. The Bertz CT molecular complexity index is 1600. The van der Waals surface area contributed by atoms with Crippen molar-refractivity contribution in [2.75, 3.05) is 10.6 Å². The Morgan fingerprint density at radius 2 is 0.979 bits per heavy atom. The lowest BCUT2D eigenvalue weighted by molar-refractivity contribution is -0.275. The number of hydrogen-bond acceptors (Lipinski definition) is 7. The van der Waals surface area contributed by atoms with Crippen LogP contribution < -0.4 is 31.0 Å². The third-order valence-corrected chi connectivity index (χ3v) is 6.41. The van der Waals surface area contributed by atoms with E-state index in [0.717, 1.165) is 24.3 Å². The van der Waals surface area contributed by atoms with Gasteiger partial charge in [-0.15, -0.1) is 26.3 Å². The lowest BCUT2D eigenvalue weighted by atomic mass is 9.64. The van der Waals surface area contributed by atoms with Crippen LogP contribution in [0.5, 0.6) is 11.5 Å². The molecule has 0 bridgehead atoms. The van der Waals surface area contributed by atoms with Gasteiger partial charge in [0.05, 0.1) is 0 Å². The van der Waals surface area contributed by atoms with E-state index >= 15 is 0 Å². The van der Waals surface area contributed by atoms with E-state index in [9.17, 15) is 35.9 Å². The van der Waals surface area contributed by atoms with Crippen LogP contribution in [0.1, 0.15) is 20.7 Å². The molecule has 1 aliphatic heterocycles. The van der Waals surface area contributed by atoms with E-state index in [1.54, 1.807) is 31.1 Å². The smallest absolute Gasteiger partial charge is 0.449 e. The van der Waals surface area contributed by atoms with Crippen LogP contribution >= 0.6 is 0 Å². The van der Waals surface area contributed by atoms with Crippen LogP contribution in [-0.4, -0.2) is 45.9 Å². The van der Waals surface area contributed by atoms with Crippen LogP contribution in [0.3, 0.4) is 0 Å². The topological polar surface area (TPSA) is 104 Å². The Kier molecular flexibility index (Phi) is 9.84. The van der Waals surface area contributed by atoms with Gasteiger partial charge in [0.25, 0.3) is 11.8 Å². The summed E-state index contributed by atoms with van der Waals surface area (Å²) < 4.78 is 99.7. The molecule has 4 aromatic carbocycles. The molecule has 0 aromatic heterocycles. The van der Waals surface area contributed by atoms with Crippen LogP contribution in [0.2, 0.25) is 6.82 Å². The first-order chi connectivity index (χ1) is 22.2. The van der Waals surface area contributed by atoms with Crippen LogP contribution in [-0.2, 0) is 13.7 Å². The van der Waals surface area contributed by atoms with E-state index in [2.05, 4.69) is 20.1 Å². The van der Waals surface area contributed by atoms with Crippen molar-refractivity contribution in [3.63, 3.8) is 0 Å². The molecule has 5 rings (SSSR count). The minimum Gasteiger partial charge on any atom is -0.449 e. The van der Waals surface area contributed by atoms with Gasteiger partial charge in [-0.2, -0.15) is 0 Å². The molecule has 4 aromatic rings. The summed E-state index contributed by atoms with van der Waals surface area (Å²) in [7, 11) is -2.76. The zero-order valence-corrected chi connectivity index (χ0v) is 24.1. The molecule has 1 saturated heterocycles. The minimum absolute atomic E-state index is 0.206. The fourth-order valence-corrected chi connectivity index (χ4v) is 4.41. The zero-order valence-electron chi connectivity index (χ0n) is 24.1. The third-order valence-electron chi connectivity index (χ3n) is 6.41. The largest absolute Gasteiger partial charge is 0.573 e. The lowest BCUT2D eigenvalue weighted by Crippen LogP contribution is -2.57. The monoisotopic (exact) mass is 656 g/mol. The van der Waals surface area contributed by atoms with E-state index in [4.69, 9.17) is 13.7 Å². The Labute approximate surface area is 264 Å². The highest BCUT2D eigenvalue weighted by atomic mass is 19.4. The van der Waals surface area contributed by atoms with Crippen molar-refractivity contribution in [1.29, 1.82) is 0 Å². The fourth-order valence-electron chi connectivity index (χ4n) is 4.41. The second-order valence-corrected chi connectivity index (χ2v) is 9.94. The first kappa shape index (κ1) is 33.4. The van der Waals surface area contributed by atoms with Gasteiger partial charge in [0, 0.05) is 22.5 Å². The molecule has 0 radical (unpaired) electrons. The number of alkyl halides is 6. The van der Waals surface area contributed by atoms with Crippen LogP contribution in [0.25, 0.3) is 0 Å². The summed E-state index contributed by atoms with van der Waals surface area (Å²) >= 11 is 0. The molecule has 0 spiro atoms. The van der Waals surface area contributed by atoms with E-state index in [1.165, 1.54) is 48.5 Å². The second-order valence-electron chi connectivity index (χ2n) is 9.94. The van der Waals surface area contributed by atoms with Crippen molar-refractivity contribution in [1.82, 2.24) is 0 Å². The summed E-state index contributed by atoms with van der Waals surface area (Å²) in [5, 5.41) is 5.19. The maximum absolute atomic E-state index is 12.9. The van der Waals surface area contributed by atoms with Crippen molar-refractivity contribution in [2.45, 2.75) is 19.5 Å². The van der Waals surface area contributed by atoms with Gasteiger partial charge in [0.1, 0.15) is 11.5 Å². The lowest BCUT2D eigenvalue weighted by Gasteiger charge is -2.30. The Morgan fingerprint density at radius 1 is 0.596 bits per heavy atom. The van der Waals surface area contributed by atoms with Gasteiger partial charge in [-0.05, 0) is 90.5 Å². The molecule has 1 heterocycles. The zero-order chi connectivity index (χ0) is 33.8. The number of benzene rings is 4. The summed E-state index contributed by atoms with van der Waals surface area (Å²) in [5.41, 5.74) is 1.80. The predicted octanol–water partition coefficient (Wildman–Crippen LogP) is 5.26. The molecule has 240 valence electrons. The highest BCUT2D eigenvalue weighted by molar-refractivity contribution is 6.83. The predicted molar refractivity (Wildman–Crippen MR) is 161 cm³/mol. The van der Waals surface area contributed by atoms with Crippen LogP contribution in [0.4, 0.5) is 37.7 Å². The van der Waals surface area contributed by atoms with Crippen molar-refractivity contribution in [3.05, 3.63) is 108 Å². The summed E-state index contributed by atoms with van der Waals surface area (Å²) in [6.07, 6.45) is -9.69. The summed E-state index contributed by atoms with van der Waals surface area (Å²) in [5.74, 6) is -1.97. The first-order valence-corrected chi connectivity index (χ1v) is 13.7. The van der Waals surface area contributed by atoms with Gasteiger partial charge in [-0.1, -0.05) is 24.3 Å². The minimum atomic E-state index is -4.84. The summed E-state index contributed by atoms with van der Waals surface area (Å²) in [4.78, 5) is 25.8. The Morgan fingerprint density at radius 3 is 1.34 bits per heavy atom. The third kappa shape index (κ3) is 9.54. The van der Waals surface area contributed by atoms with E-state index in [1.807, 2.05) is 0 Å². The molecule has 18 heteroatoms. The SMILES string of the molecule is CB1OB(c2cccc(C(=O)Nc3ccc(OC(F)(F)F)cc3)c2)OB(c2cccc(C(=O)Nc3ccc(OC(F)(F)F)cc3)c2)O1. The normalized spacial score (nSPS) is 13.6. The van der Waals surface area contributed by atoms with Gasteiger partial charge in [0.15, 0.2) is 0 Å². The van der Waals surface area contributed by atoms with Gasteiger partial charge in [-0.25, -0.2) is 0 Å². The van der Waals surface area contributed by atoms with E-state index < -0.39 is 57.4 Å². The average molecular weight is 656 g/mol. The van der Waals surface area contributed by atoms with Gasteiger partial charge in [-0.3, -0.25) is 9.59 Å². The Hall–Kier alpha value is -4.93. The molecule has 0 saturated carbocycles. The molecule has 0 unspecified atom stereocenters. The number of ether oxygens (including phenoxy) is 2. The number of anilines is 2. The molecule has 1 aliphatic rings. The molecule has 2 amide bonds. The maximum Gasteiger partial charge on any atom is 0.573 e. The molecule has 2 N–H and O–H groups in total. The number of amides is 2. The highest BCUT2D eigenvalue weighted by Gasteiger charge is 2.41. The molecule has 0 aliphatic carbocycles.